The van der Waals surface area contributed by atoms with E-state index >= 15 is 0 Å². The van der Waals surface area contributed by atoms with Gasteiger partial charge in [0.15, 0.2) is 0 Å². The van der Waals surface area contributed by atoms with Gasteiger partial charge in [-0.05, 0) is 19.1 Å². The van der Waals surface area contributed by atoms with Crippen LogP contribution in [0.25, 0.3) is 32.9 Å². The van der Waals surface area contributed by atoms with Crippen LogP contribution in [0.15, 0.2) is 42.6 Å². The van der Waals surface area contributed by atoms with E-state index in [4.69, 9.17) is 10.5 Å². The number of rotatable bonds is 3. The van der Waals surface area contributed by atoms with E-state index in [9.17, 15) is 9.50 Å². The lowest BCUT2D eigenvalue weighted by Crippen LogP contribution is -1.96. The van der Waals surface area contributed by atoms with Gasteiger partial charge < -0.3 is 20.1 Å². The van der Waals surface area contributed by atoms with E-state index in [2.05, 4.69) is 4.98 Å². The van der Waals surface area contributed by atoms with Gasteiger partial charge in [0.25, 0.3) is 0 Å². The molecule has 0 radical (unpaired) electrons. The molecule has 2 heterocycles. The summed E-state index contributed by atoms with van der Waals surface area (Å²) in [7, 11) is 1.50. The molecule has 0 aliphatic carbocycles. The molecule has 0 saturated heterocycles. The largest absolute Gasteiger partial charge is 0.496 e. The van der Waals surface area contributed by atoms with Crippen LogP contribution in [-0.4, -0.2) is 21.8 Å². The van der Waals surface area contributed by atoms with Crippen LogP contribution in [0.5, 0.6) is 11.6 Å². The zero-order valence-electron chi connectivity index (χ0n) is 14.5. The third kappa shape index (κ3) is 2.19. The maximum atomic E-state index is 14.6. The summed E-state index contributed by atoms with van der Waals surface area (Å²) in [5, 5.41) is 11.6. The predicted molar refractivity (Wildman–Crippen MR) is 101 cm³/mol. The molecule has 0 aliphatic rings. The topological polar surface area (TPSA) is 73.3 Å². The monoisotopic (exact) mass is 351 g/mol. The molecule has 0 atom stereocenters. The average molecular weight is 351 g/mol. The SMILES string of the molecule is CCn1cc2nc3c(-c4c(F)cccc4OC)cccc3c(N)c2c1O. The van der Waals surface area contributed by atoms with Crippen LogP contribution in [0.3, 0.4) is 0 Å². The lowest BCUT2D eigenvalue weighted by Gasteiger charge is -2.13. The molecule has 2 aromatic heterocycles. The zero-order valence-corrected chi connectivity index (χ0v) is 14.5. The molecule has 26 heavy (non-hydrogen) atoms. The molecule has 0 fully saturated rings. The van der Waals surface area contributed by atoms with Crippen molar-refractivity contribution < 1.29 is 14.2 Å². The molecule has 2 aromatic carbocycles. The number of aromatic hydroxyl groups is 1. The van der Waals surface area contributed by atoms with Gasteiger partial charge >= 0.3 is 0 Å². The number of nitrogen functional groups attached to an aromatic ring is 1. The van der Waals surface area contributed by atoms with Crippen molar-refractivity contribution in [3.8, 4) is 22.8 Å². The molecule has 0 spiro atoms. The molecule has 4 rings (SSSR count). The third-order valence-corrected chi connectivity index (χ3v) is 4.66. The third-order valence-electron chi connectivity index (χ3n) is 4.66. The molecule has 0 bridgehead atoms. The summed E-state index contributed by atoms with van der Waals surface area (Å²) in [6, 6.07) is 10.1. The second kappa shape index (κ2) is 5.91. The van der Waals surface area contributed by atoms with E-state index in [-0.39, 0.29) is 5.88 Å². The molecule has 6 heteroatoms. The summed E-state index contributed by atoms with van der Waals surface area (Å²) in [4.78, 5) is 4.68. The minimum absolute atomic E-state index is 0.0864. The van der Waals surface area contributed by atoms with Crippen molar-refractivity contribution in [2.45, 2.75) is 13.5 Å². The number of aryl methyl sites for hydroxylation is 1. The quantitative estimate of drug-likeness (QED) is 0.577. The van der Waals surface area contributed by atoms with Crippen LogP contribution in [0.1, 0.15) is 6.92 Å². The first-order valence-electron chi connectivity index (χ1n) is 8.29. The second-order valence-corrected chi connectivity index (χ2v) is 6.04. The number of benzene rings is 2. The second-order valence-electron chi connectivity index (χ2n) is 6.04. The van der Waals surface area contributed by atoms with Gasteiger partial charge in [-0.25, -0.2) is 9.37 Å². The van der Waals surface area contributed by atoms with E-state index in [0.717, 1.165) is 0 Å². The average Bonchev–Trinajstić information content (AvgIpc) is 2.97. The number of anilines is 1. The highest BCUT2D eigenvalue weighted by Gasteiger charge is 2.20. The van der Waals surface area contributed by atoms with Crippen LogP contribution in [-0.2, 0) is 6.54 Å². The predicted octanol–water partition coefficient (Wildman–Crippen LogP) is 4.31. The molecule has 5 nitrogen and oxygen atoms in total. The van der Waals surface area contributed by atoms with Gasteiger partial charge in [-0.3, -0.25) is 0 Å². The van der Waals surface area contributed by atoms with E-state index < -0.39 is 5.82 Å². The number of nitrogens with two attached hydrogens (primary N) is 1. The maximum Gasteiger partial charge on any atom is 0.202 e. The molecular formula is C20H18FN3O2. The van der Waals surface area contributed by atoms with E-state index in [1.165, 1.54) is 13.2 Å². The smallest absolute Gasteiger partial charge is 0.202 e. The summed E-state index contributed by atoms with van der Waals surface area (Å²) < 4.78 is 21.6. The Labute approximate surface area is 149 Å². The Morgan fingerprint density at radius 2 is 2.00 bits per heavy atom. The molecular weight excluding hydrogens is 333 g/mol. The number of methoxy groups -OCH3 is 1. The standard InChI is InChI=1S/C20H18FN3O2/c1-3-24-10-14-17(20(24)25)18(22)12-7-4-6-11(19(12)23-14)16-13(21)8-5-9-15(16)26-2/h4-10,25H,3,22H2,1-2H3. The van der Waals surface area contributed by atoms with E-state index in [1.807, 2.05) is 13.0 Å². The Bertz CT molecular complexity index is 1150. The number of pyridine rings is 1. The fourth-order valence-corrected chi connectivity index (χ4v) is 3.39. The molecule has 0 aliphatic heterocycles. The summed E-state index contributed by atoms with van der Waals surface area (Å²) in [6.07, 6.45) is 1.75. The summed E-state index contributed by atoms with van der Waals surface area (Å²) in [5.41, 5.74) is 8.83. The van der Waals surface area contributed by atoms with Crippen molar-refractivity contribution in [1.82, 2.24) is 9.55 Å². The first-order chi connectivity index (χ1) is 12.6. The molecule has 3 N–H and O–H groups in total. The van der Waals surface area contributed by atoms with E-state index in [0.29, 0.717) is 50.9 Å². The fourth-order valence-electron chi connectivity index (χ4n) is 3.39. The number of hydrogen-bond acceptors (Lipinski definition) is 4. The Morgan fingerprint density at radius 3 is 2.73 bits per heavy atom. The lowest BCUT2D eigenvalue weighted by molar-refractivity contribution is 0.413. The van der Waals surface area contributed by atoms with Crippen molar-refractivity contribution in [2.24, 2.45) is 0 Å². The van der Waals surface area contributed by atoms with Gasteiger partial charge in [-0.1, -0.05) is 24.3 Å². The van der Waals surface area contributed by atoms with E-state index in [1.54, 1.807) is 35.0 Å². The number of nitrogens with zero attached hydrogens (tertiary/aromatic N) is 2. The van der Waals surface area contributed by atoms with Gasteiger partial charge in [0.1, 0.15) is 11.6 Å². The van der Waals surface area contributed by atoms with Crippen LogP contribution in [0, 0.1) is 5.82 Å². The normalized spacial score (nSPS) is 11.3. The zero-order chi connectivity index (χ0) is 18.4. The number of para-hydroxylation sites is 1. The number of fused-ring (bicyclic) bond motifs is 2. The fraction of sp³-hybridized carbons (Fsp3) is 0.150. The van der Waals surface area contributed by atoms with Gasteiger partial charge in [0.05, 0.1) is 34.8 Å². The first-order valence-corrected chi connectivity index (χ1v) is 8.29. The molecule has 132 valence electrons. The molecule has 0 unspecified atom stereocenters. The summed E-state index contributed by atoms with van der Waals surface area (Å²) in [6.45, 7) is 2.51. The van der Waals surface area contributed by atoms with Gasteiger partial charge in [-0.15, -0.1) is 0 Å². The van der Waals surface area contributed by atoms with Crippen molar-refractivity contribution in [1.29, 1.82) is 0 Å². The van der Waals surface area contributed by atoms with Crippen LogP contribution < -0.4 is 10.5 Å². The lowest BCUT2D eigenvalue weighted by atomic mass is 9.99. The number of ether oxygens (including phenoxy) is 1. The Balaban J connectivity index is 2.14. The molecule has 0 saturated carbocycles. The van der Waals surface area contributed by atoms with Crippen molar-refractivity contribution in [2.75, 3.05) is 12.8 Å². The van der Waals surface area contributed by atoms with Gasteiger partial charge in [0.2, 0.25) is 5.88 Å². The number of halogens is 1. The Hall–Kier alpha value is -3.28. The Morgan fingerprint density at radius 1 is 1.23 bits per heavy atom. The first kappa shape index (κ1) is 16.2. The minimum Gasteiger partial charge on any atom is -0.496 e. The molecule has 0 amide bonds. The van der Waals surface area contributed by atoms with Crippen molar-refractivity contribution in [3.63, 3.8) is 0 Å². The van der Waals surface area contributed by atoms with Crippen LogP contribution >= 0.6 is 0 Å². The summed E-state index contributed by atoms with van der Waals surface area (Å²) >= 11 is 0. The van der Waals surface area contributed by atoms with Gasteiger partial charge in [0, 0.05) is 23.7 Å². The maximum absolute atomic E-state index is 14.6. The highest BCUT2D eigenvalue weighted by Crippen LogP contribution is 2.41. The highest BCUT2D eigenvalue weighted by molar-refractivity contribution is 6.12. The van der Waals surface area contributed by atoms with Gasteiger partial charge in [-0.2, -0.15) is 0 Å². The van der Waals surface area contributed by atoms with Crippen LogP contribution in [0.2, 0.25) is 0 Å². The number of aromatic nitrogens is 2. The van der Waals surface area contributed by atoms with Crippen molar-refractivity contribution >= 4 is 27.5 Å². The summed E-state index contributed by atoms with van der Waals surface area (Å²) in [5.74, 6) is 0.113. The van der Waals surface area contributed by atoms with Crippen LogP contribution in [0.4, 0.5) is 10.1 Å². The number of hydrogen-bond donors (Lipinski definition) is 2. The highest BCUT2D eigenvalue weighted by atomic mass is 19.1. The molecule has 4 aromatic rings. The minimum atomic E-state index is -0.397. The van der Waals surface area contributed by atoms with Crippen molar-refractivity contribution in [3.05, 3.63) is 48.4 Å². The Kier molecular flexibility index (Phi) is 3.68.